The van der Waals surface area contributed by atoms with E-state index in [0.717, 1.165) is 23.1 Å². The van der Waals surface area contributed by atoms with Crippen LogP contribution in [0.1, 0.15) is 25.7 Å². The molecule has 0 radical (unpaired) electrons. The Bertz CT molecular complexity index is 730. The number of rotatable bonds is 6. The number of benzene rings is 2. The molecule has 1 amide bonds. The van der Waals surface area contributed by atoms with Gasteiger partial charge in [-0.2, -0.15) is 0 Å². The molecule has 0 unspecified atom stereocenters. The van der Waals surface area contributed by atoms with Crippen molar-refractivity contribution in [2.45, 2.75) is 31.8 Å². The van der Waals surface area contributed by atoms with Crippen molar-refractivity contribution in [3.05, 3.63) is 52.0 Å². The molecule has 3 rings (SSSR count). The SMILES string of the molecule is O=C(COc1ccc(Br)cc1Cl)Nc1ccc(OC2CCCC2)cc1. The van der Waals surface area contributed by atoms with E-state index in [1.807, 2.05) is 30.3 Å². The van der Waals surface area contributed by atoms with E-state index in [1.165, 1.54) is 12.8 Å². The Morgan fingerprint density at radius 3 is 2.56 bits per heavy atom. The second-order valence-corrected chi connectivity index (χ2v) is 7.28. The first-order valence-electron chi connectivity index (χ1n) is 8.24. The van der Waals surface area contributed by atoms with E-state index < -0.39 is 0 Å². The quantitative estimate of drug-likeness (QED) is 0.671. The number of halogens is 2. The van der Waals surface area contributed by atoms with Crippen molar-refractivity contribution in [1.82, 2.24) is 0 Å². The Morgan fingerprint density at radius 1 is 1.16 bits per heavy atom. The zero-order chi connectivity index (χ0) is 17.6. The summed E-state index contributed by atoms with van der Waals surface area (Å²) in [5, 5.41) is 3.25. The lowest BCUT2D eigenvalue weighted by atomic mass is 10.2. The molecule has 1 saturated carbocycles. The molecule has 0 spiro atoms. The smallest absolute Gasteiger partial charge is 0.262 e. The van der Waals surface area contributed by atoms with Gasteiger partial charge in [0.2, 0.25) is 0 Å². The monoisotopic (exact) mass is 423 g/mol. The highest BCUT2D eigenvalue weighted by molar-refractivity contribution is 9.10. The van der Waals surface area contributed by atoms with Gasteiger partial charge in [-0.3, -0.25) is 4.79 Å². The largest absolute Gasteiger partial charge is 0.490 e. The van der Waals surface area contributed by atoms with Crippen LogP contribution < -0.4 is 14.8 Å². The summed E-state index contributed by atoms with van der Waals surface area (Å²) >= 11 is 9.38. The summed E-state index contributed by atoms with van der Waals surface area (Å²) < 4.78 is 12.2. The van der Waals surface area contributed by atoms with Gasteiger partial charge in [0.1, 0.15) is 11.5 Å². The Morgan fingerprint density at radius 2 is 1.88 bits per heavy atom. The van der Waals surface area contributed by atoms with Gasteiger partial charge >= 0.3 is 0 Å². The molecule has 1 aliphatic carbocycles. The first-order chi connectivity index (χ1) is 12.1. The summed E-state index contributed by atoms with van der Waals surface area (Å²) in [6.45, 7) is -0.109. The molecule has 0 aliphatic heterocycles. The second-order valence-electron chi connectivity index (χ2n) is 5.96. The maximum Gasteiger partial charge on any atom is 0.262 e. The summed E-state index contributed by atoms with van der Waals surface area (Å²) in [5.41, 5.74) is 0.703. The molecular weight excluding hydrogens is 406 g/mol. The molecule has 0 atom stereocenters. The fraction of sp³-hybridized carbons (Fsp3) is 0.316. The van der Waals surface area contributed by atoms with Crippen LogP contribution in [0.3, 0.4) is 0 Å². The molecule has 25 heavy (non-hydrogen) atoms. The van der Waals surface area contributed by atoms with Crippen LogP contribution in [-0.2, 0) is 4.79 Å². The lowest BCUT2D eigenvalue weighted by molar-refractivity contribution is -0.118. The van der Waals surface area contributed by atoms with E-state index >= 15 is 0 Å². The lowest BCUT2D eigenvalue weighted by Crippen LogP contribution is -2.20. The topological polar surface area (TPSA) is 47.6 Å². The third-order valence-electron chi connectivity index (χ3n) is 4.00. The zero-order valence-corrected chi connectivity index (χ0v) is 16.0. The average molecular weight is 425 g/mol. The van der Waals surface area contributed by atoms with Gasteiger partial charge in [-0.1, -0.05) is 27.5 Å². The van der Waals surface area contributed by atoms with Crippen molar-refractivity contribution in [3.63, 3.8) is 0 Å². The number of hydrogen-bond acceptors (Lipinski definition) is 3. The maximum absolute atomic E-state index is 12.0. The minimum Gasteiger partial charge on any atom is -0.490 e. The lowest BCUT2D eigenvalue weighted by Gasteiger charge is -2.13. The van der Waals surface area contributed by atoms with Crippen molar-refractivity contribution in [2.75, 3.05) is 11.9 Å². The predicted octanol–water partition coefficient (Wildman–Crippen LogP) is 5.44. The second kappa shape index (κ2) is 8.59. The molecule has 2 aromatic rings. The Kier molecular flexibility index (Phi) is 6.21. The van der Waals surface area contributed by atoms with Crippen LogP contribution in [0.5, 0.6) is 11.5 Å². The van der Waals surface area contributed by atoms with Crippen LogP contribution in [0.15, 0.2) is 46.9 Å². The number of anilines is 1. The Balaban J connectivity index is 1.48. The Hall–Kier alpha value is -1.72. The van der Waals surface area contributed by atoms with Crippen LogP contribution in [0.4, 0.5) is 5.69 Å². The number of carbonyl (C=O) groups is 1. The molecule has 1 aliphatic rings. The minimum absolute atomic E-state index is 0.109. The zero-order valence-electron chi connectivity index (χ0n) is 13.6. The van der Waals surface area contributed by atoms with Crippen LogP contribution >= 0.6 is 27.5 Å². The van der Waals surface area contributed by atoms with Crippen molar-refractivity contribution in [3.8, 4) is 11.5 Å². The van der Waals surface area contributed by atoms with Crippen molar-refractivity contribution >= 4 is 39.1 Å². The molecular formula is C19H19BrClNO3. The highest BCUT2D eigenvalue weighted by Crippen LogP contribution is 2.28. The number of ether oxygens (including phenoxy) is 2. The Labute approximate surface area is 160 Å². The minimum atomic E-state index is -0.247. The van der Waals surface area contributed by atoms with E-state index in [4.69, 9.17) is 21.1 Å². The van der Waals surface area contributed by atoms with Crippen LogP contribution in [0.25, 0.3) is 0 Å². The van der Waals surface area contributed by atoms with Gasteiger partial charge in [0.25, 0.3) is 5.91 Å². The predicted molar refractivity (Wildman–Crippen MR) is 103 cm³/mol. The molecule has 6 heteroatoms. The molecule has 132 valence electrons. The van der Waals surface area contributed by atoms with Gasteiger partial charge in [-0.15, -0.1) is 0 Å². The summed E-state index contributed by atoms with van der Waals surface area (Å²) in [4.78, 5) is 12.0. The standard InChI is InChI=1S/C19H19BrClNO3/c20-13-5-10-18(17(21)11-13)24-12-19(23)22-14-6-8-16(9-7-14)25-15-3-1-2-4-15/h5-11,15H,1-4,12H2,(H,22,23). The first kappa shape index (κ1) is 18.1. The third-order valence-corrected chi connectivity index (χ3v) is 4.78. The summed E-state index contributed by atoms with van der Waals surface area (Å²) in [7, 11) is 0. The number of hydrogen-bond donors (Lipinski definition) is 1. The van der Waals surface area contributed by atoms with Gasteiger partial charge in [-0.05, 0) is 68.1 Å². The molecule has 0 heterocycles. The maximum atomic E-state index is 12.0. The normalized spacial score (nSPS) is 14.3. The molecule has 4 nitrogen and oxygen atoms in total. The van der Waals surface area contributed by atoms with Gasteiger partial charge in [0.15, 0.2) is 6.61 Å². The van der Waals surface area contributed by atoms with Gasteiger partial charge in [0.05, 0.1) is 11.1 Å². The average Bonchev–Trinajstić information content (AvgIpc) is 3.09. The third kappa shape index (κ3) is 5.38. The first-order valence-corrected chi connectivity index (χ1v) is 9.42. The molecule has 0 bridgehead atoms. The van der Waals surface area contributed by atoms with Crippen molar-refractivity contribution in [2.24, 2.45) is 0 Å². The van der Waals surface area contributed by atoms with E-state index in [-0.39, 0.29) is 12.5 Å². The highest BCUT2D eigenvalue weighted by Gasteiger charge is 2.16. The van der Waals surface area contributed by atoms with Crippen LogP contribution in [0.2, 0.25) is 5.02 Å². The van der Waals surface area contributed by atoms with Gasteiger partial charge in [-0.25, -0.2) is 0 Å². The number of carbonyl (C=O) groups excluding carboxylic acids is 1. The summed E-state index contributed by atoms with van der Waals surface area (Å²) in [5.74, 6) is 1.06. The summed E-state index contributed by atoms with van der Waals surface area (Å²) in [6.07, 6.45) is 5.04. The van der Waals surface area contributed by atoms with Crippen molar-refractivity contribution in [1.29, 1.82) is 0 Å². The molecule has 1 N–H and O–H groups in total. The fourth-order valence-electron chi connectivity index (χ4n) is 2.75. The highest BCUT2D eigenvalue weighted by atomic mass is 79.9. The van der Waals surface area contributed by atoms with E-state index in [9.17, 15) is 4.79 Å². The van der Waals surface area contributed by atoms with Gasteiger partial charge in [0, 0.05) is 10.2 Å². The number of nitrogens with one attached hydrogen (secondary N) is 1. The summed E-state index contributed by atoms with van der Waals surface area (Å²) in [6, 6.07) is 12.7. The number of amides is 1. The van der Waals surface area contributed by atoms with Crippen LogP contribution in [-0.4, -0.2) is 18.6 Å². The fourth-order valence-corrected chi connectivity index (χ4v) is 3.48. The van der Waals surface area contributed by atoms with Crippen LogP contribution in [0, 0.1) is 0 Å². The molecule has 2 aromatic carbocycles. The molecule has 0 aromatic heterocycles. The van der Waals surface area contributed by atoms with E-state index in [0.29, 0.717) is 22.6 Å². The van der Waals surface area contributed by atoms with E-state index in [1.54, 1.807) is 12.1 Å². The van der Waals surface area contributed by atoms with Crippen molar-refractivity contribution < 1.29 is 14.3 Å². The molecule has 0 saturated heterocycles. The van der Waals surface area contributed by atoms with E-state index in [2.05, 4.69) is 21.2 Å². The van der Waals surface area contributed by atoms with Gasteiger partial charge < -0.3 is 14.8 Å². The molecule has 1 fully saturated rings.